The number of carbonyl (C=O) groups is 4. The highest BCUT2D eigenvalue weighted by molar-refractivity contribution is 6.11. The van der Waals surface area contributed by atoms with Crippen LogP contribution in [0.15, 0.2) is 60.7 Å². The third-order valence-corrected chi connectivity index (χ3v) is 5.47. The van der Waals surface area contributed by atoms with Crippen molar-refractivity contribution in [2.75, 3.05) is 19.6 Å². The first-order chi connectivity index (χ1) is 17.2. The fourth-order valence-corrected chi connectivity index (χ4v) is 3.59. The average molecular weight is 492 g/mol. The molecule has 1 unspecified atom stereocenters. The Morgan fingerprint density at radius 3 is 1.94 bits per heavy atom. The largest absolute Gasteiger partial charge is 0.508 e. The first-order valence-electron chi connectivity index (χ1n) is 11.4. The van der Waals surface area contributed by atoms with Crippen LogP contribution in [-0.4, -0.2) is 54.4 Å². The smallest absolute Gasteiger partial charge is 0.252 e. The highest BCUT2D eigenvalue weighted by Crippen LogP contribution is 2.20. The molecule has 0 radical (unpaired) electrons. The second-order valence-corrected chi connectivity index (χ2v) is 8.27. The molecule has 0 aliphatic rings. The monoisotopic (exact) mass is 491 g/mol. The molecule has 0 saturated heterocycles. The Hall–Kier alpha value is -4.44. The van der Waals surface area contributed by atoms with Crippen molar-refractivity contribution in [3.05, 3.63) is 77.4 Å². The minimum Gasteiger partial charge on any atom is -0.508 e. The van der Waals surface area contributed by atoms with E-state index in [0.29, 0.717) is 19.4 Å². The first-order valence-corrected chi connectivity index (χ1v) is 11.4. The van der Waals surface area contributed by atoms with E-state index in [9.17, 15) is 24.3 Å². The zero-order valence-corrected chi connectivity index (χ0v) is 19.6. The van der Waals surface area contributed by atoms with Gasteiger partial charge in [0.1, 0.15) is 5.75 Å². The van der Waals surface area contributed by atoms with Gasteiger partial charge in [-0.05, 0) is 53.4 Å². The normalized spacial score (nSPS) is 11.5. The van der Waals surface area contributed by atoms with Gasteiger partial charge in [-0.3, -0.25) is 19.2 Å². The summed E-state index contributed by atoms with van der Waals surface area (Å²) in [4.78, 5) is 48.8. The van der Waals surface area contributed by atoms with E-state index in [1.165, 1.54) is 12.1 Å². The molecule has 8 N–H and O–H groups in total. The van der Waals surface area contributed by atoms with Gasteiger partial charge in [-0.2, -0.15) is 0 Å². The van der Waals surface area contributed by atoms with Gasteiger partial charge in [0.2, 0.25) is 11.8 Å². The third kappa shape index (κ3) is 7.28. The number of benzene rings is 3. The van der Waals surface area contributed by atoms with Gasteiger partial charge < -0.3 is 32.5 Å². The number of hydrogen-bond donors (Lipinski definition) is 6. The standard InChI is InChI=1S/C26H29N5O5/c27-22(12-16-6-8-19(32)9-7-16)26(36)30-11-3-10-29-24(34)20-13-17-4-1-2-5-18(17)14-21(20)25(35)31-15-23(28)33/h1-2,4-9,13-14,22,32H,3,10-12,15,27H2,(H2,28,33)(H,29,34)(H,30,36)(H,31,35). The van der Waals surface area contributed by atoms with Gasteiger partial charge in [0.05, 0.1) is 23.7 Å². The van der Waals surface area contributed by atoms with E-state index in [-0.39, 0.29) is 35.9 Å². The quantitative estimate of drug-likeness (QED) is 0.214. The maximum Gasteiger partial charge on any atom is 0.252 e. The molecule has 4 amide bonds. The summed E-state index contributed by atoms with van der Waals surface area (Å²) in [5.74, 6) is -1.92. The van der Waals surface area contributed by atoms with E-state index in [0.717, 1.165) is 16.3 Å². The van der Waals surface area contributed by atoms with Gasteiger partial charge in [0.15, 0.2) is 0 Å². The van der Waals surface area contributed by atoms with E-state index in [4.69, 9.17) is 11.5 Å². The summed E-state index contributed by atoms with van der Waals surface area (Å²) in [7, 11) is 0. The van der Waals surface area contributed by atoms with Crippen molar-refractivity contribution < 1.29 is 24.3 Å². The highest BCUT2D eigenvalue weighted by atomic mass is 16.3. The van der Waals surface area contributed by atoms with Crippen LogP contribution in [-0.2, 0) is 16.0 Å². The lowest BCUT2D eigenvalue weighted by molar-refractivity contribution is -0.122. The molecular weight excluding hydrogens is 462 g/mol. The summed E-state index contributed by atoms with van der Waals surface area (Å²) in [5.41, 5.74) is 12.2. The zero-order valence-electron chi connectivity index (χ0n) is 19.6. The van der Waals surface area contributed by atoms with Crippen molar-refractivity contribution in [3.8, 4) is 5.75 Å². The predicted octanol–water partition coefficient (Wildman–Crippen LogP) is 0.567. The molecule has 3 aromatic rings. The van der Waals surface area contributed by atoms with Crippen molar-refractivity contribution in [1.82, 2.24) is 16.0 Å². The van der Waals surface area contributed by atoms with E-state index >= 15 is 0 Å². The number of primary amides is 1. The first kappa shape index (κ1) is 26.2. The van der Waals surface area contributed by atoms with Gasteiger partial charge >= 0.3 is 0 Å². The number of rotatable bonds is 11. The summed E-state index contributed by atoms with van der Waals surface area (Å²) < 4.78 is 0. The minimum atomic E-state index is -0.747. The number of fused-ring (bicyclic) bond motifs is 1. The van der Waals surface area contributed by atoms with E-state index in [2.05, 4.69) is 16.0 Å². The van der Waals surface area contributed by atoms with Crippen LogP contribution in [0, 0.1) is 0 Å². The van der Waals surface area contributed by atoms with Crippen molar-refractivity contribution in [2.45, 2.75) is 18.9 Å². The predicted molar refractivity (Wildman–Crippen MR) is 135 cm³/mol. The van der Waals surface area contributed by atoms with Crippen LogP contribution in [0.3, 0.4) is 0 Å². The van der Waals surface area contributed by atoms with Crippen LogP contribution in [0.25, 0.3) is 10.8 Å². The minimum absolute atomic E-state index is 0.126. The van der Waals surface area contributed by atoms with Gasteiger partial charge in [0, 0.05) is 13.1 Å². The molecule has 188 valence electrons. The SMILES string of the molecule is NC(=O)CNC(=O)c1cc2ccccc2cc1C(=O)NCCCNC(=O)C(N)Cc1ccc(O)cc1. The van der Waals surface area contributed by atoms with Gasteiger partial charge in [-0.15, -0.1) is 0 Å². The number of nitrogens with one attached hydrogen (secondary N) is 3. The van der Waals surface area contributed by atoms with Crippen LogP contribution in [0.5, 0.6) is 5.75 Å². The Morgan fingerprint density at radius 1 is 0.806 bits per heavy atom. The van der Waals surface area contributed by atoms with Crippen LogP contribution in [0.2, 0.25) is 0 Å². The molecule has 1 atom stereocenters. The molecule has 3 rings (SSSR count). The molecule has 10 heteroatoms. The van der Waals surface area contributed by atoms with Gasteiger partial charge in [-0.25, -0.2) is 0 Å². The fraction of sp³-hybridized carbons (Fsp3) is 0.231. The average Bonchev–Trinajstić information content (AvgIpc) is 2.87. The summed E-state index contributed by atoms with van der Waals surface area (Å²) in [6, 6.07) is 16.2. The molecule has 10 nitrogen and oxygen atoms in total. The Morgan fingerprint density at radius 2 is 1.36 bits per heavy atom. The number of carbonyl (C=O) groups excluding carboxylic acids is 4. The summed E-state index contributed by atoms with van der Waals surface area (Å²) in [5, 5.41) is 18.8. The molecule has 0 aromatic heterocycles. The van der Waals surface area contributed by atoms with Crippen LogP contribution >= 0.6 is 0 Å². The third-order valence-electron chi connectivity index (χ3n) is 5.47. The molecule has 0 bridgehead atoms. The van der Waals surface area contributed by atoms with Crippen LogP contribution < -0.4 is 27.4 Å². The number of phenolic OH excluding ortho intramolecular Hbond substituents is 1. The zero-order chi connectivity index (χ0) is 26.1. The fourth-order valence-electron chi connectivity index (χ4n) is 3.59. The van der Waals surface area contributed by atoms with Gasteiger partial charge in [0.25, 0.3) is 11.8 Å². The topological polar surface area (TPSA) is 177 Å². The number of amides is 4. The Labute approximate surface area is 208 Å². The second kappa shape index (κ2) is 12.3. The van der Waals surface area contributed by atoms with Crippen molar-refractivity contribution in [3.63, 3.8) is 0 Å². The molecule has 0 heterocycles. The number of nitrogens with two attached hydrogens (primary N) is 2. The lowest BCUT2D eigenvalue weighted by Crippen LogP contribution is -2.42. The number of aromatic hydroxyl groups is 1. The number of phenols is 1. The Bertz CT molecular complexity index is 1260. The van der Waals surface area contributed by atoms with Crippen molar-refractivity contribution in [2.24, 2.45) is 11.5 Å². The van der Waals surface area contributed by atoms with Crippen molar-refractivity contribution >= 4 is 34.4 Å². The van der Waals surface area contributed by atoms with Crippen molar-refractivity contribution in [1.29, 1.82) is 0 Å². The lowest BCUT2D eigenvalue weighted by atomic mass is 9.99. The molecule has 0 aliphatic carbocycles. The van der Waals surface area contributed by atoms with Gasteiger partial charge in [-0.1, -0.05) is 36.4 Å². The molecule has 36 heavy (non-hydrogen) atoms. The molecule has 3 aromatic carbocycles. The number of hydrogen-bond acceptors (Lipinski definition) is 6. The lowest BCUT2D eigenvalue weighted by Gasteiger charge is -2.14. The Balaban J connectivity index is 1.54. The summed E-state index contributed by atoms with van der Waals surface area (Å²) in [6.07, 6.45) is 0.769. The molecule has 0 saturated carbocycles. The van der Waals surface area contributed by atoms with E-state index in [1.54, 1.807) is 24.3 Å². The summed E-state index contributed by atoms with van der Waals surface area (Å²) >= 11 is 0. The van der Waals surface area contributed by atoms with E-state index < -0.39 is 23.8 Å². The Kier molecular flexibility index (Phi) is 8.95. The second-order valence-electron chi connectivity index (χ2n) is 8.27. The van der Waals surface area contributed by atoms with E-state index in [1.807, 2.05) is 24.3 Å². The molecule has 0 fully saturated rings. The maximum absolute atomic E-state index is 12.9. The highest BCUT2D eigenvalue weighted by Gasteiger charge is 2.19. The van der Waals surface area contributed by atoms with Crippen LogP contribution in [0.1, 0.15) is 32.7 Å². The maximum atomic E-state index is 12.9. The molecular formula is C26H29N5O5. The van der Waals surface area contributed by atoms with Crippen LogP contribution in [0.4, 0.5) is 0 Å². The molecule has 0 aliphatic heterocycles. The molecule has 0 spiro atoms. The summed E-state index contributed by atoms with van der Waals surface area (Å²) in [6.45, 7) is 0.203.